The summed E-state index contributed by atoms with van der Waals surface area (Å²) in [5.74, 6) is -1.34. The van der Waals surface area contributed by atoms with Crippen molar-refractivity contribution in [2.75, 3.05) is 11.9 Å². The monoisotopic (exact) mass is 266 g/mol. The minimum Gasteiger partial charge on any atom is -0.455 e. The maximum absolute atomic E-state index is 11.5. The van der Waals surface area contributed by atoms with Crippen LogP contribution in [0.25, 0.3) is 0 Å². The normalized spacial score (nSPS) is 10.1. The first-order chi connectivity index (χ1) is 8.90. The van der Waals surface area contributed by atoms with E-state index in [1.807, 2.05) is 0 Å². The molecule has 0 spiro atoms. The van der Waals surface area contributed by atoms with Crippen LogP contribution in [0.4, 0.5) is 11.4 Å². The molecule has 1 aromatic carbocycles. The van der Waals surface area contributed by atoms with Crippen LogP contribution in [0.15, 0.2) is 24.3 Å². The number of rotatable bonds is 5. The summed E-state index contributed by atoms with van der Waals surface area (Å²) in [4.78, 5) is 32.6. The molecule has 0 unspecified atom stereocenters. The lowest BCUT2D eigenvalue weighted by Crippen LogP contribution is -2.22. The molecule has 1 N–H and O–H groups in total. The van der Waals surface area contributed by atoms with Crippen molar-refractivity contribution >= 4 is 23.3 Å². The largest absolute Gasteiger partial charge is 0.455 e. The molecule has 0 heterocycles. The van der Waals surface area contributed by atoms with E-state index in [1.165, 1.54) is 24.3 Å². The van der Waals surface area contributed by atoms with E-state index in [9.17, 15) is 19.7 Å². The number of carbonyl (C=O) groups excluding carboxylic acids is 2. The lowest BCUT2D eigenvalue weighted by atomic mass is 10.2. The first-order valence-corrected chi connectivity index (χ1v) is 5.61. The van der Waals surface area contributed by atoms with Gasteiger partial charge >= 0.3 is 5.97 Å². The number of benzene rings is 1. The highest BCUT2D eigenvalue weighted by Gasteiger charge is 2.12. The summed E-state index contributed by atoms with van der Waals surface area (Å²) in [7, 11) is 0. The highest BCUT2D eigenvalue weighted by Crippen LogP contribution is 2.16. The summed E-state index contributed by atoms with van der Waals surface area (Å²) >= 11 is 0. The Morgan fingerprint density at radius 3 is 2.68 bits per heavy atom. The molecule has 0 bridgehead atoms. The lowest BCUT2D eigenvalue weighted by molar-refractivity contribution is -0.384. The molecule has 1 rings (SSSR count). The maximum atomic E-state index is 11.5. The molecule has 0 saturated carbocycles. The Bertz CT molecular complexity index is 499. The van der Waals surface area contributed by atoms with Gasteiger partial charge in [0.2, 0.25) is 0 Å². The number of nitrogens with one attached hydrogen (secondary N) is 1. The van der Waals surface area contributed by atoms with Crippen LogP contribution in [0.1, 0.15) is 13.8 Å². The van der Waals surface area contributed by atoms with Crippen molar-refractivity contribution in [2.45, 2.75) is 13.8 Å². The van der Waals surface area contributed by atoms with E-state index in [0.717, 1.165) is 0 Å². The minimum atomic E-state index is -0.561. The van der Waals surface area contributed by atoms with Crippen molar-refractivity contribution in [1.82, 2.24) is 0 Å². The summed E-state index contributed by atoms with van der Waals surface area (Å²) in [6.07, 6.45) is 0. The lowest BCUT2D eigenvalue weighted by Gasteiger charge is -2.07. The Morgan fingerprint density at radius 2 is 2.11 bits per heavy atom. The Balaban J connectivity index is 2.55. The van der Waals surface area contributed by atoms with Crippen molar-refractivity contribution in [2.24, 2.45) is 5.92 Å². The van der Waals surface area contributed by atoms with Gasteiger partial charge in [-0.2, -0.15) is 0 Å². The number of esters is 1. The summed E-state index contributed by atoms with van der Waals surface area (Å²) in [5, 5.41) is 13.0. The van der Waals surface area contributed by atoms with E-state index in [4.69, 9.17) is 4.74 Å². The molecule has 0 atom stereocenters. The number of ether oxygens (including phenoxy) is 1. The molecule has 102 valence electrons. The molecule has 19 heavy (non-hydrogen) atoms. The number of anilines is 1. The van der Waals surface area contributed by atoms with Crippen LogP contribution in [-0.4, -0.2) is 23.4 Å². The topological polar surface area (TPSA) is 98.5 Å². The van der Waals surface area contributed by atoms with Crippen molar-refractivity contribution in [3.63, 3.8) is 0 Å². The van der Waals surface area contributed by atoms with Crippen LogP contribution in [0.3, 0.4) is 0 Å². The predicted molar refractivity (Wildman–Crippen MR) is 67.5 cm³/mol. The van der Waals surface area contributed by atoms with E-state index in [0.29, 0.717) is 0 Å². The maximum Gasteiger partial charge on any atom is 0.308 e. The van der Waals surface area contributed by atoms with Crippen LogP contribution in [0.2, 0.25) is 0 Å². The average molecular weight is 266 g/mol. The van der Waals surface area contributed by atoms with Gasteiger partial charge in [0.1, 0.15) is 0 Å². The van der Waals surface area contributed by atoms with Gasteiger partial charge in [-0.05, 0) is 6.07 Å². The molecular formula is C12H14N2O5. The highest BCUT2D eigenvalue weighted by molar-refractivity contribution is 5.93. The average Bonchev–Trinajstić information content (AvgIpc) is 2.36. The molecule has 1 aromatic rings. The number of hydrogen-bond acceptors (Lipinski definition) is 5. The third-order valence-corrected chi connectivity index (χ3v) is 2.16. The highest BCUT2D eigenvalue weighted by atomic mass is 16.6. The van der Waals surface area contributed by atoms with Crippen LogP contribution in [0, 0.1) is 16.0 Å². The molecule has 0 fully saturated rings. The van der Waals surface area contributed by atoms with Crippen LogP contribution in [0.5, 0.6) is 0 Å². The van der Waals surface area contributed by atoms with Crippen molar-refractivity contribution in [3.05, 3.63) is 34.4 Å². The molecule has 0 aromatic heterocycles. The van der Waals surface area contributed by atoms with Gasteiger partial charge in [-0.3, -0.25) is 19.7 Å². The second kappa shape index (κ2) is 6.48. The van der Waals surface area contributed by atoms with Gasteiger partial charge in [0.05, 0.1) is 10.8 Å². The molecule has 7 heteroatoms. The van der Waals surface area contributed by atoms with E-state index in [1.54, 1.807) is 13.8 Å². The zero-order valence-electron chi connectivity index (χ0n) is 10.6. The SMILES string of the molecule is CC(C)C(=O)OCC(=O)Nc1cccc([N+](=O)[O-])c1. The van der Waals surface area contributed by atoms with Crippen LogP contribution >= 0.6 is 0 Å². The number of carbonyl (C=O) groups is 2. The quantitative estimate of drug-likeness (QED) is 0.497. The van der Waals surface area contributed by atoms with Gasteiger partial charge < -0.3 is 10.1 Å². The van der Waals surface area contributed by atoms with Crippen molar-refractivity contribution < 1.29 is 19.2 Å². The van der Waals surface area contributed by atoms with Crippen LogP contribution < -0.4 is 5.32 Å². The van der Waals surface area contributed by atoms with E-state index < -0.39 is 23.4 Å². The number of amides is 1. The molecular weight excluding hydrogens is 252 g/mol. The first-order valence-electron chi connectivity index (χ1n) is 5.61. The van der Waals surface area contributed by atoms with Crippen LogP contribution in [-0.2, 0) is 14.3 Å². The van der Waals surface area contributed by atoms with Gasteiger partial charge in [-0.15, -0.1) is 0 Å². The van der Waals surface area contributed by atoms with Crippen molar-refractivity contribution in [3.8, 4) is 0 Å². The summed E-state index contributed by atoms with van der Waals surface area (Å²) in [6.45, 7) is 2.89. The van der Waals surface area contributed by atoms with E-state index in [2.05, 4.69) is 5.32 Å². The minimum absolute atomic E-state index is 0.128. The Kier molecular flexibility index (Phi) is 4.99. The zero-order chi connectivity index (χ0) is 14.4. The second-order valence-corrected chi connectivity index (χ2v) is 4.12. The Hall–Kier alpha value is -2.44. The molecule has 0 radical (unpaired) electrons. The Labute approximate surface area is 109 Å². The third-order valence-electron chi connectivity index (χ3n) is 2.16. The number of hydrogen-bond donors (Lipinski definition) is 1. The Morgan fingerprint density at radius 1 is 1.42 bits per heavy atom. The van der Waals surface area contributed by atoms with Gasteiger partial charge in [-0.1, -0.05) is 19.9 Å². The summed E-state index contributed by atoms with van der Waals surface area (Å²) < 4.78 is 4.73. The first kappa shape index (κ1) is 14.6. The second-order valence-electron chi connectivity index (χ2n) is 4.12. The third kappa shape index (κ3) is 4.74. The molecule has 0 saturated heterocycles. The summed E-state index contributed by atoms with van der Waals surface area (Å²) in [5.41, 5.74) is 0.150. The smallest absolute Gasteiger partial charge is 0.308 e. The van der Waals surface area contributed by atoms with Crippen molar-refractivity contribution in [1.29, 1.82) is 0 Å². The fourth-order valence-corrected chi connectivity index (χ4v) is 1.20. The van der Waals surface area contributed by atoms with E-state index >= 15 is 0 Å². The van der Waals surface area contributed by atoms with Gasteiger partial charge in [-0.25, -0.2) is 0 Å². The number of non-ortho nitro benzene ring substituents is 1. The fourth-order valence-electron chi connectivity index (χ4n) is 1.20. The fraction of sp³-hybridized carbons (Fsp3) is 0.333. The molecule has 0 aliphatic heterocycles. The number of nitro groups is 1. The molecule has 7 nitrogen and oxygen atoms in total. The van der Waals surface area contributed by atoms with Gasteiger partial charge in [0, 0.05) is 17.8 Å². The summed E-state index contributed by atoms with van der Waals surface area (Å²) in [6, 6.07) is 5.50. The number of nitrogens with zero attached hydrogens (tertiary/aromatic N) is 1. The number of nitro benzene ring substituents is 1. The molecule has 1 amide bonds. The molecule has 0 aliphatic carbocycles. The van der Waals surface area contributed by atoms with Gasteiger partial charge in [0.15, 0.2) is 6.61 Å². The molecule has 0 aliphatic rings. The van der Waals surface area contributed by atoms with E-state index in [-0.39, 0.29) is 17.3 Å². The van der Waals surface area contributed by atoms with Gasteiger partial charge in [0.25, 0.3) is 11.6 Å². The predicted octanol–water partition coefficient (Wildman–Crippen LogP) is 1.73. The standard InChI is InChI=1S/C12H14N2O5/c1-8(2)12(16)19-7-11(15)13-9-4-3-5-10(6-9)14(17)18/h3-6,8H,7H2,1-2H3,(H,13,15). The zero-order valence-corrected chi connectivity index (χ0v) is 10.6.